The molecule has 1 fully saturated rings. The van der Waals surface area contributed by atoms with Crippen LogP contribution in [0.2, 0.25) is 0 Å². The van der Waals surface area contributed by atoms with Gasteiger partial charge in [-0.25, -0.2) is 8.42 Å². The molecule has 0 atom stereocenters. The lowest BCUT2D eigenvalue weighted by Crippen LogP contribution is -2.40. The number of benzene rings is 1. The number of thiophene rings is 1. The van der Waals surface area contributed by atoms with Gasteiger partial charge < -0.3 is 9.47 Å². The van der Waals surface area contributed by atoms with E-state index in [9.17, 15) is 13.2 Å². The number of nitriles is 1. The minimum Gasteiger partial charge on any atom is -0.493 e. The Balaban J connectivity index is 1.64. The van der Waals surface area contributed by atoms with Crippen LogP contribution in [0.1, 0.15) is 18.4 Å². The van der Waals surface area contributed by atoms with Gasteiger partial charge in [0.1, 0.15) is 4.21 Å². The van der Waals surface area contributed by atoms with Crippen molar-refractivity contribution in [3.05, 3.63) is 39.7 Å². The maximum absolute atomic E-state index is 12.7. The van der Waals surface area contributed by atoms with Crippen LogP contribution in [-0.4, -0.2) is 38.9 Å². The van der Waals surface area contributed by atoms with Crippen LogP contribution in [-0.2, 0) is 14.8 Å². The van der Waals surface area contributed by atoms with Crippen molar-refractivity contribution in [3.8, 4) is 17.6 Å². The lowest BCUT2D eigenvalue weighted by atomic mass is 9.98. The number of halogens is 1. The van der Waals surface area contributed by atoms with Gasteiger partial charge in [-0.1, -0.05) is 0 Å². The molecule has 0 aliphatic carbocycles. The van der Waals surface area contributed by atoms with Gasteiger partial charge in [0.25, 0.3) is 10.0 Å². The van der Waals surface area contributed by atoms with Gasteiger partial charge in [-0.15, -0.1) is 11.3 Å². The normalized spacial score (nSPS) is 15.8. The summed E-state index contributed by atoms with van der Waals surface area (Å²) >= 11 is 4.44. The first-order valence-corrected chi connectivity index (χ1v) is 11.5. The van der Waals surface area contributed by atoms with Crippen LogP contribution in [0.25, 0.3) is 0 Å². The van der Waals surface area contributed by atoms with Crippen LogP contribution < -0.4 is 9.47 Å². The Morgan fingerprint density at radius 1 is 1.25 bits per heavy atom. The lowest BCUT2D eigenvalue weighted by Gasteiger charge is -2.29. The third kappa shape index (κ3) is 4.38. The number of methoxy groups -OCH3 is 1. The van der Waals surface area contributed by atoms with Crippen molar-refractivity contribution < 1.29 is 22.7 Å². The van der Waals surface area contributed by atoms with Gasteiger partial charge in [0.15, 0.2) is 11.5 Å². The van der Waals surface area contributed by atoms with Crippen molar-refractivity contribution in [1.29, 1.82) is 5.26 Å². The summed E-state index contributed by atoms with van der Waals surface area (Å²) in [5.41, 5.74) is 0.398. The first kappa shape index (κ1) is 20.8. The van der Waals surface area contributed by atoms with E-state index in [1.54, 1.807) is 18.2 Å². The van der Waals surface area contributed by atoms with Crippen molar-refractivity contribution >= 4 is 43.3 Å². The third-order valence-corrected chi connectivity index (χ3v) is 8.42. The Labute approximate surface area is 175 Å². The molecule has 0 amide bonds. The van der Waals surface area contributed by atoms with Crippen molar-refractivity contribution in [2.45, 2.75) is 17.1 Å². The molecule has 1 aromatic heterocycles. The first-order valence-electron chi connectivity index (χ1n) is 8.40. The van der Waals surface area contributed by atoms with E-state index in [1.165, 1.54) is 23.5 Å². The Morgan fingerprint density at radius 3 is 2.54 bits per heavy atom. The van der Waals surface area contributed by atoms with E-state index in [0.29, 0.717) is 24.2 Å². The highest BCUT2D eigenvalue weighted by Crippen LogP contribution is 2.32. The van der Waals surface area contributed by atoms with E-state index < -0.39 is 21.9 Å². The van der Waals surface area contributed by atoms with Crippen LogP contribution in [0.15, 0.2) is 38.3 Å². The van der Waals surface area contributed by atoms with Crippen molar-refractivity contribution in [3.63, 3.8) is 0 Å². The molecule has 0 saturated carbocycles. The average molecular weight is 485 g/mol. The number of hydrogen-bond donors (Lipinski definition) is 0. The summed E-state index contributed by atoms with van der Waals surface area (Å²) < 4.78 is 38.4. The van der Waals surface area contributed by atoms with E-state index in [2.05, 4.69) is 15.9 Å². The van der Waals surface area contributed by atoms with Crippen molar-refractivity contribution in [2.75, 3.05) is 20.2 Å². The molecule has 2 aromatic rings. The fraction of sp³-hybridized carbons (Fsp3) is 0.333. The minimum absolute atomic E-state index is 0.241. The largest absolute Gasteiger partial charge is 0.493 e. The summed E-state index contributed by atoms with van der Waals surface area (Å²) in [6.07, 6.45) is 0.756. The van der Waals surface area contributed by atoms with E-state index in [-0.39, 0.29) is 23.0 Å². The summed E-state index contributed by atoms with van der Waals surface area (Å²) in [6.45, 7) is 0.504. The number of carbonyl (C=O) groups excluding carboxylic acids is 1. The highest BCUT2D eigenvalue weighted by Gasteiger charge is 2.34. The molecule has 2 heterocycles. The number of piperidine rings is 1. The summed E-state index contributed by atoms with van der Waals surface area (Å²) in [5.74, 6) is -0.290. The fourth-order valence-corrected chi connectivity index (χ4v) is 6.54. The summed E-state index contributed by atoms with van der Waals surface area (Å²) in [6, 6.07) is 9.82. The monoisotopic (exact) mass is 484 g/mol. The lowest BCUT2D eigenvalue weighted by molar-refractivity contribution is -0.140. The molecular formula is C18H17BrN2O5S2. The van der Waals surface area contributed by atoms with Crippen LogP contribution in [0.5, 0.6) is 11.5 Å². The van der Waals surface area contributed by atoms with Gasteiger partial charge in [-0.2, -0.15) is 9.57 Å². The quantitative estimate of drug-likeness (QED) is 0.476. The fourth-order valence-electron chi connectivity index (χ4n) is 2.91. The number of rotatable bonds is 5. The molecule has 148 valence electrons. The Kier molecular flexibility index (Phi) is 6.40. The van der Waals surface area contributed by atoms with Crippen LogP contribution in [0, 0.1) is 17.2 Å². The summed E-state index contributed by atoms with van der Waals surface area (Å²) in [7, 11) is -2.12. The van der Waals surface area contributed by atoms with E-state index in [1.807, 2.05) is 6.07 Å². The molecule has 7 nitrogen and oxygen atoms in total. The first-order chi connectivity index (χ1) is 13.3. The molecule has 0 unspecified atom stereocenters. The van der Waals surface area contributed by atoms with Gasteiger partial charge in [0, 0.05) is 19.2 Å². The zero-order valence-corrected chi connectivity index (χ0v) is 18.1. The van der Waals surface area contributed by atoms with Crippen LogP contribution in [0.4, 0.5) is 0 Å². The van der Waals surface area contributed by atoms with E-state index in [0.717, 1.165) is 15.1 Å². The predicted octanol–water partition coefficient (Wildman–Crippen LogP) is 3.40. The number of sulfonamides is 1. The molecular weight excluding hydrogens is 468 g/mol. The average Bonchev–Trinajstić information content (AvgIpc) is 3.15. The molecule has 1 saturated heterocycles. The maximum atomic E-state index is 12.7. The molecule has 1 aromatic carbocycles. The number of ether oxygens (including phenoxy) is 2. The molecule has 1 aliphatic heterocycles. The summed E-state index contributed by atoms with van der Waals surface area (Å²) in [4.78, 5) is 12.5. The van der Waals surface area contributed by atoms with Crippen LogP contribution >= 0.6 is 27.3 Å². The van der Waals surface area contributed by atoms with Gasteiger partial charge in [0.05, 0.1) is 28.4 Å². The number of carbonyl (C=O) groups is 1. The van der Waals surface area contributed by atoms with E-state index >= 15 is 0 Å². The number of hydrogen-bond acceptors (Lipinski definition) is 7. The van der Waals surface area contributed by atoms with Gasteiger partial charge in [0.2, 0.25) is 0 Å². The standard InChI is InChI=1S/C18H17BrN2O5S2/c1-25-15-10-12(11-20)2-3-14(15)26-18(22)13-6-8-21(9-7-13)28(23,24)17-5-4-16(19)27-17/h2-5,10,13H,6-9H2,1H3. The molecule has 28 heavy (non-hydrogen) atoms. The van der Waals surface area contributed by atoms with Crippen molar-refractivity contribution in [1.82, 2.24) is 4.31 Å². The van der Waals surface area contributed by atoms with E-state index in [4.69, 9.17) is 14.7 Å². The number of esters is 1. The predicted molar refractivity (Wildman–Crippen MR) is 107 cm³/mol. The SMILES string of the molecule is COc1cc(C#N)ccc1OC(=O)C1CCN(S(=O)(=O)c2ccc(Br)s2)CC1. The minimum atomic E-state index is -3.55. The van der Waals surface area contributed by atoms with Gasteiger partial charge in [-0.05, 0) is 53.0 Å². The Hall–Kier alpha value is -1.93. The number of nitrogens with zero attached hydrogens (tertiary/aromatic N) is 2. The molecule has 3 rings (SSSR count). The second kappa shape index (κ2) is 8.61. The molecule has 0 bridgehead atoms. The maximum Gasteiger partial charge on any atom is 0.314 e. The molecule has 10 heteroatoms. The summed E-state index contributed by atoms with van der Waals surface area (Å²) in [5, 5.41) is 8.94. The highest BCUT2D eigenvalue weighted by molar-refractivity contribution is 9.11. The van der Waals surface area contributed by atoms with Gasteiger partial charge in [-0.3, -0.25) is 4.79 Å². The Morgan fingerprint density at radius 2 is 1.96 bits per heavy atom. The second-order valence-corrected chi connectivity index (χ2v) is 10.8. The molecule has 0 radical (unpaired) electrons. The highest BCUT2D eigenvalue weighted by atomic mass is 79.9. The molecule has 0 spiro atoms. The Bertz CT molecular complexity index is 1020. The third-order valence-electron chi connectivity index (χ3n) is 4.43. The molecule has 1 aliphatic rings. The molecule has 0 N–H and O–H groups in total. The van der Waals surface area contributed by atoms with Gasteiger partial charge >= 0.3 is 5.97 Å². The topological polar surface area (TPSA) is 96.7 Å². The zero-order valence-electron chi connectivity index (χ0n) is 14.9. The van der Waals surface area contributed by atoms with Crippen molar-refractivity contribution in [2.24, 2.45) is 5.92 Å². The zero-order chi connectivity index (χ0) is 20.3. The smallest absolute Gasteiger partial charge is 0.314 e. The van der Waals surface area contributed by atoms with Crippen LogP contribution in [0.3, 0.4) is 0 Å². The second-order valence-electron chi connectivity index (χ2n) is 6.14.